The SMILES string of the molecule is COc1ccc([C@@H](C)NC[C@@H](O)[C@H](CC2=CCC(C)C=C2)NC(=O)c2cc(C(=O)NC(C)C3SC=CC3C)cc(N(C)S(C)(=O)=O)c2)cc1. The van der Waals surface area contributed by atoms with Crippen molar-refractivity contribution in [3.63, 3.8) is 0 Å². The van der Waals surface area contributed by atoms with Gasteiger partial charge in [0.1, 0.15) is 5.75 Å². The zero-order valence-corrected chi connectivity index (χ0v) is 31.0. The molecule has 2 aromatic rings. The Kier molecular flexibility index (Phi) is 13.2. The molecular formula is C37H50N4O6S2. The highest BCUT2D eigenvalue weighted by Crippen LogP contribution is 2.32. The van der Waals surface area contributed by atoms with Crippen LogP contribution in [0.5, 0.6) is 5.75 Å². The number of thioether (sulfide) groups is 1. The second-order valence-corrected chi connectivity index (χ2v) is 16.3. The van der Waals surface area contributed by atoms with E-state index in [4.69, 9.17) is 4.74 Å². The standard InChI is InChI=1S/C37H50N4O6S2/c1-23-8-10-27(11-9-23)18-33(34(42)22-38-25(3)28-12-14-32(47-6)15-13-28)40-37(44)30-19-29(20-31(21-30)41(5)49(7,45)46)36(43)39-26(4)35-24(2)16-17-48-35/h8,10-17,19-21,23-26,33-35,38,42H,9,18,22H2,1-7H3,(H,39,43)(H,40,44)/t23?,24?,25-,26?,33+,34-,35?/m1/s1. The van der Waals surface area contributed by atoms with Gasteiger partial charge in [0.2, 0.25) is 10.0 Å². The third-order valence-corrected chi connectivity index (χ3v) is 11.8. The first-order chi connectivity index (χ1) is 23.2. The van der Waals surface area contributed by atoms with Gasteiger partial charge in [-0.25, -0.2) is 8.42 Å². The van der Waals surface area contributed by atoms with Crippen molar-refractivity contribution in [1.82, 2.24) is 16.0 Å². The van der Waals surface area contributed by atoms with Crippen molar-refractivity contribution in [3.8, 4) is 5.75 Å². The average molecular weight is 711 g/mol. The Bertz CT molecular complexity index is 1670. The maximum Gasteiger partial charge on any atom is 0.251 e. The van der Waals surface area contributed by atoms with E-state index >= 15 is 0 Å². The normalized spacial score (nSPS) is 21.3. The molecule has 0 aromatic heterocycles. The Labute approximate surface area is 295 Å². The molecule has 1 aliphatic heterocycles. The van der Waals surface area contributed by atoms with Crippen molar-refractivity contribution in [2.24, 2.45) is 11.8 Å². The van der Waals surface area contributed by atoms with E-state index in [0.29, 0.717) is 12.3 Å². The number of methoxy groups -OCH3 is 1. The number of hydrogen-bond donors (Lipinski definition) is 4. The lowest BCUT2D eigenvalue weighted by molar-refractivity contribution is 0.0826. The molecule has 49 heavy (non-hydrogen) atoms. The van der Waals surface area contributed by atoms with E-state index in [2.05, 4.69) is 48.0 Å². The van der Waals surface area contributed by atoms with Crippen LogP contribution in [0.2, 0.25) is 0 Å². The number of aliphatic hydroxyl groups excluding tert-OH is 1. The molecule has 2 amide bonds. The van der Waals surface area contributed by atoms with E-state index < -0.39 is 34.0 Å². The fourth-order valence-corrected chi connectivity index (χ4v) is 7.50. The molecule has 4 rings (SSSR count). The van der Waals surface area contributed by atoms with Gasteiger partial charge in [-0.15, -0.1) is 11.8 Å². The van der Waals surface area contributed by atoms with E-state index in [-0.39, 0.29) is 46.6 Å². The summed E-state index contributed by atoms with van der Waals surface area (Å²) in [6.45, 7) is 8.34. The fourth-order valence-electron chi connectivity index (χ4n) is 5.85. The Morgan fingerprint density at radius 3 is 2.24 bits per heavy atom. The minimum atomic E-state index is -3.70. The van der Waals surface area contributed by atoms with Crippen LogP contribution >= 0.6 is 11.8 Å². The quantitative estimate of drug-likeness (QED) is 0.198. The molecule has 1 heterocycles. The summed E-state index contributed by atoms with van der Waals surface area (Å²) in [6, 6.07) is 11.1. The number of rotatable bonds is 15. The maximum absolute atomic E-state index is 13.9. The smallest absolute Gasteiger partial charge is 0.251 e. The number of carbonyl (C=O) groups is 2. The van der Waals surface area contributed by atoms with Gasteiger partial charge in [-0.1, -0.05) is 55.9 Å². The predicted octanol–water partition coefficient (Wildman–Crippen LogP) is 5.20. The monoisotopic (exact) mass is 710 g/mol. The van der Waals surface area contributed by atoms with E-state index in [1.54, 1.807) is 18.9 Å². The van der Waals surface area contributed by atoms with Gasteiger partial charge >= 0.3 is 0 Å². The number of aliphatic hydroxyl groups is 1. The number of nitrogens with zero attached hydrogens (tertiary/aromatic N) is 1. The van der Waals surface area contributed by atoms with Gasteiger partial charge in [-0.05, 0) is 79.8 Å². The molecule has 0 fully saturated rings. The van der Waals surface area contributed by atoms with Crippen molar-refractivity contribution < 1.29 is 27.9 Å². The number of benzene rings is 2. The van der Waals surface area contributed by atoms with E-state index in [9.17, 15) is 23.1 Å². The van der Waals surface area contributed by atoms with Gasteiger partial charge < -0.3 is 25.8 Å². The molecule has 4 unspecified atom stereocenters. The largest absolute Gasteiger partial charge is 0.497 e. The van der Waals surface area contributed by atoms with Gasteiger partial charge in [0.15, 0.2) is 0 Å². The fraction of sp³-hybridized carbons (Fsp3) is 0.459. The topological polar surface area (TPSA) is 137 Å². The summed E-state index contributed by atoms with van der Waals surface area (Å²) in [5, 5.41) is 23.1. The molecule has 0 spiro atoms. The molecule has 12 heteroatoms. The molecule has 0 saturated carbocycles. The molecule has 2 aliphatic rings. The van der Waals surface area contributed by atoms with Crippen LogP contribution in [0.3, 0.4) is 0 Å². The summed E-state index contributed by atoms with van der Waals surface area (Å²) in [6.07, 6.45) is 9.69. The molecule has 4 N–H and O–H groups in total. The average Bonchev–Trinajstić information content (AvgIpc) is 3.52. The Morgan fingerprint density at radius 1 is 1.04 bits per heavy atom. The number of amides is 2. The minimum absolute atomic E-state index is 0.0837. The molecule has 266 valence electrons. The third kappa shape index (κ3) is 10.5. The molecule has 2 aromatic carbocycles. The van der Waals surface area contributed by atoms with Crippen molar-refractivity contribution in [1.29, 1.82) is 0 Å². The lowest BCUT2D eigenvalue weighted by atomic mass is 9.92. The molecule has 0 radical (unpaired) electrons. The number of hydrogen-bond acceptors (Lipinski definition) is 8. The molecular weight excluding hydrogens is 661 g/mol. The molecule has 0 saturated heterocycles. The van der Waals surface area contributed by atoms with Crippen LogP contribution in [0.25, 0.3) is 0 Å². The van der Waals surface area contributed by atoms with Crippen LogP contribution in [-0.2, 0) is 10.0 Å². The number of carbonyl (C=O) groups excluding carboxylic acids is 2. The van der Waals surface area contributed by atoms with Gasteiger partial charge in [0.05, 0.1) is 31.2 Å². The van der Waals surface area contributed by atoms with Crippen molar-refractivity contribution in [2.75, 3.05) is 31.3 Å². The first kappa shape index (κ1) is 38.2. The summed E-state index contributed by atoms with van der Waals surface area (Å²) >= 11 is 1.65. The summed E-state index contributed by atoms with van der Waals surface area (Å²) in [5.41, 5.74) is 2.46. The number of ether oxygens (including phenoxy) is 1. The first-order valence-electron chi connectivity index (χ1n) is 16.6. The van der Waals surface area contributed by atoms with Gasteiger partial charge in [-0.3, -0.25) is 13.9 Å². The van der Waals surface area contributed by atoms with Crippen molar-refractivity contribution in [2.45, 2.75) is 70.0 Å². The van der Waals surface area contributed by atoms with Crippen LogP contribution < -0.4 is 25.0 Å². The number of allylic oxidation sites excluding steroid dienone is 4. The molecule has 0 bridgehead atoms. The Balaban J connectivity index is 1.57. The van der Waals surface area contributed by atoms with Gasteiger partial charge in [0, 0.05) is 42.1 Å². The number of sulfonamides is 1. The van der Waals surface area contributed by atoms with Crippen LogP contribution in [0.4, 0.5) is 5.69 Å². The Hall–Kier alpha value is -3.58. The minimum Gasteiger partial charge on any atom is -0.497 e. The lowest BCUT2D eigenvalue weighted by Crippen LogP contribution is -2.48. The van der Waals surface area contributed by atoms with Crippen LogP contribution in [0.15, 0.2) is 77.7 Å². The summed E-state index contributed by atoms with van der Waals surface area (Å²) < 4.78 is 31.3. The third-order valence-electron chi connectivity index (χ3n) is 9.17. The highest BCUT2D eigenvalue weighted by molar-refractivity contribution is 8.03. The van der Waals surface area contributed by atoms with E-state index in [1.165, 1.54) is 25.2 Å². The van der Waals surface area contributed by atoms with Crippen LogP contribution in [0, 0.1) is 11.8 Å². The Morgan fingerprint density at radius 2 is 1.69 bits per heavy atom. The zero-order chi connectivity index (χ0) is 35.9. The second kappa shape index (κ2) is 16.9. The predicted molar refractivity (Wildman–Crippen MR) is 199 cm³/mol. The van der Waals surface area contributed by atoms with Crippen molar-refractivity contribution in [3.05, 3.63) is 94.4 Å². The maximum atomic E-state index is 13.9. The highest BCUT2D eigenvalue weighted by atomic mass is 32.2. The molecule has 1 aliphatic carbocycles. The second-order valence-electron chi connectivity index (χ2n) is 13.2. The van der Waals surface area contributed by atoms with E-state index in [1.807, 2.05) is 49.6 Å². The zero-order valence-electron chi connectivity index (χ0n) is 29.3. The molecule has 7 atom stereocenters. The van der Waals surface area contributed by atoms with Crippen LogP contribution in [0.1, 0.15) is 72.9 Å². The molecule has 10 nitrogen and oxygen atoms in total. The van der Waals surface area contributed by atoms with Crippen molar-refractivity contribution >= 4 is 39.3 Å². The lowest BCUT2D eigenvalue weighted by Gasteiger charge is -2.28. The van der Waals surface area contributed by atoms with Gasteiger partial charge in [0.25, 0.3) is 11.8 Å². The number of anilines is 1. The van der Waals surface area contributed by atoms with E-state index in [0.717, 1.165) is 33.9 Å². The van der Waals surface area contributed by atoms with Gasteiger partial charge in [-0.2, -0.15) is 0 Å². The summed E-state index contributed by atoms with van der Waals surface area (Å²) in [7, 11) is -0.705. The summed E-state index contributed by atoms with van der Waals surface area (Å²) in [4.78, 5) is 27.5. The first-order valence-corrected chi connectivity index (χ1v) is 19.4. The van der Waals surface area contributed by atoms with Crippen LogP contribution in [-0.4, -0.2) is 75.7 Å². The number of nitrogens with one attached hydrogen (secondary N) is 3. The highest BCUT2D eigenvalue weighted by Gasteiger charge is 2.29. The summed E-state index contributed by atoms with van der Waals surface area (Å²) in [5.74, 6) is 0.491.